The average molecular weight is 377 g/mol. The van der Waals surface area contributed by atoms with E-state index < -0.39 is 0 Å². The molecule has 0 saturated carbocycles. The minimum absolute atomic E-state index is 0.184. The van der Waals surface area contributed by atoms with E-state index in [-0.39, 0.29) is 5.56 Å². The van der Waals surface area contributed by atoms with Crippen molar-refractivity contribution >= 4 is 11.3 Å². The van der Waals surface area contributed by atoms with Crippen molar-refractivity contribution in [3.8, 4) is 11.1 Å². The van der Waals surface area contributed by atoms with Gasteiger partial charge in [-0.25, -0.2) is 0 Å². The first-order valence-electron chi connectivity index (χ1n) is 9.73. The van der Waals surface area contributed by atoms with Crippen molar-refractivity contribution in [1.29, 1.82) is 0 Å². The molecule has 138 valence electrons. The molecule has 27 heavy (non-hydrogen) atoms. The van der Waals surface area contributed by atoms with Crippen molar-refractivity contribution in [1.82, 2.24) is 9.47 Å². The summed E-state index contributed by atoms with van der Waals surface area (Å²) < 4.78 is 2.07. The van der Waals surface area contributed by atoms with E-state index in [0.29, 0.717) is 11.8 Å². The molecule has 3 aromatic rings. The summed E-state index contributed by atoms with van der Waals surface area (Å²) in [7, 11) is 0. The third kappa shape index (κ3) is 3.07. The van der Waals surface area contributed by atoms with Crippen molar-refractivity contribution in [3.05, 3.63) is 80.4 Å². The minimum atomic E-state index is 0.184. The van der Waals surface area contributed by atoms with Gasteiger partial charge in [-0.2, -0.15) is 0 Å². The number of aromatic nitrogens is 1. The molecule has 1 fully saturated rings. The van der Waals surface area contributed by atoms with Crippen LogP contribution in [0.3, 0.4) is 0 Å². The molecule has 0 spiro atoms. The quantitative estimate of drug-likeness (QED) is 0.672. The number of nitrogens with zero attached hydrogens (tertiary/aromatic N) is 2. The van der Waals surface area contributed by atoms with Crippen molar-refractivity contribution in [3.63, 3.8) is 0 Å². The molecule has 0 aliphatic carbocycles. The summed E-state index contributed by atoms with van der Waals surface area (Å²) >= 11 is 1.84. The third-order valence-electron chi connectivity index (χ3n) is 6.07. The maximum Gasteiger partial charge on any atom is 0.258 e. The zero-order valence-corrected chi connectivity index (χ0v) is 16.4. The summed E-state index contributed by atoms with van der Waals surface area (Å²) in [5.41, 5.74) is 4.47. The first kappa shape index (κ1) is 17.0. The molecule has 2 aromatic heterocycles. The van der Waals surface area contributed by atoms with E-state index in [4.69, 9.17) is 0 Å². The van der Waals surface area contributed by atoms with Gasteiger partial charge in [-0.05, 0) is 54.0 Å². The Morgan fingerprint density at radius 1 is 1.00 bits per heavy atom. The summed E-state index contributed by atoms with van der Waals surface area (Å²) in [5.74, 6) is 1.04. The Bertz CT molecular complexity index is 1020. The number of hydrogen-bond acceptors (Lipinski definition) is 3. The second-order valence-electron chi connectivity index (χ2n) is 7.97. The van der Waals surface area contributed by atoms with Crippen LogP contribution >= 0.6 is 11.3 Å². The summed E-state index contributed by atoms with van der Waals surface area (Å²) in [6.07, 6.45) is 1.21. The van der Waals surface area contributed by atoms with Gasteiger partial charge in [0.25, 0.3) is 5.56 Å². The van der Waals surface area contributed by atoms with E-state index in [1.807, 2.05) is 23.5 Å². The number of fused-ring (bicyclic) bond motifs is 4. The first-order chi connectivity index (χ1) is 13.2. The van der Waals surface area contributed by atoms with Crippen molar-refractivity contribution in [2.45, 2.75) is 32.4 Å². The summed E-state index contributed by atoms with van der Waals surface area (Å²) in [6.45, 7) is 6.12. The molecular weight excluding hydrogens is 352 g/mol. The molecule has 5 rings (SSSR count). The average Bonchev–Trinajstić information content (AvgIpc) is 3.16. The smallest absolute Gasteiger partial charge is 0.258 e. The SMILES string of the molecule is Cc1ccccc1-c1ccc2n(c1=O)C[C@H]1C[C@@H]2CN(Cc2cccs2)C1. The predicted molar refractivity (Wildman–Crippen MR) is 111 cm³/mol. The van der Waals surface area contributed by atoms with Crippen LogP contribution in [-0.4, -0.2) is 22.6 Å². The van der Waals surface area contributed by atoms with Gasteiger partial charge in [0.1, 0.15) is 0 Å². The van der Waals surface area contributed by atoms with E-state index in [0.717, 1.165) is 42.9 Å². The van der Waals surface area contributed by atoms with Gasteiger partial charge < -0.3 is 4.57 Å². The number of piperidine rings is 1. The first-order valence-corrected chi connectivity index (χ1v) is 10.6. The summed E-state index contributed by atoms with van der Waals surface area (Å²) in [6, 6.07) is 16.8. The fraction of sp³-hybridized carbons (Fsp3) is 0.348. The molecule has 0 radical (unpaired) electrons. The van der Waals surface area contributed by atoms with E-state index in [1.54, 1.807) is 0 Å². The van der Waals surface area contributed by atoms with E-state index in [9.17, 15) is 4.79 Å². The Labute approximate surface area is 163 Å². The third-order valence-corrected chi connectivity index (χ3v) is 6.94. The highest BCUT2D eigenvalue weighted by Crippen LogP contribution is 2.36. The Kier molecular flexibility index (Phi) is 4.25. The number of thiophene rings is 1. The topological polar surface area (TPSA) is 25.2 Å². The van der Waals surface area contributed by atoms with Gasteiger partial charge in [-0.15, -0.1) is 11.3 Å². The number of aryl methyl sites for hydroxylation is 1. The maximum atomic E-state index is 13.3. The highest BCUT2D eigenvalue weighted by Gasteiger charge is 2.35. The molecule has 1 saturated heterocycles. The molecule has 0 amide bonds. The molecule has 2 atom stereocenters. The van der Waals surface area contributed by atoms with Crippen LogP contribution < -0.4 is 5.56 Å². The van der Waals surface area contributed by atoms with Gasteiger partial charge in [-0.3, -0.25) is 9.69 Å². The Balaban J connectivity index is 1.48. The van der Waals surface area contributed by atoms with Crippen LogP contribution in [0.15, 0.2) is 58.7 Å². The van der Waals surface area contributed by atoms with Gasteiger partial charge in [0.2, 0.25) is 0 Å². The van der Waals surface area contributed by atoms with Crippen molar-refractivity contribution in [2.75, 3.05) is 13.1 Å². The monoisotopic (exact) mass is 376 g/mol. The maximum absolute atomic E-state index is 13.3. The van der Waals surface area contributed by atoms with Crippen LogP contribution in [0.25, 0.3) is 11.1 Å². The number of benzene rings is 1. The van der Waals surface area contributed by atoms with Gasteiger partial charge in [-0.1, -0.05) is 30.3 Å². The molecule has 0 unspecified atom stereocenters. The van der Waals surface area contributed by atoms with Crippen LogP contribution in [0.4, 0.5) is 0 Å². The van der Waals surface area contributed by atoms with Crippen LogP contribution in [0.1, 0.15) is 28.5 Å². The van der Waals surface area contributed by atoms with Crippen LogP contribution in [0, 0.1) is 12.8 Å². The molecule has 4 heterocycles. The molecular formula is C23H24N2OS. The fourth-order valence-electron chi connectivity index (χ4n) is 4.88. The normalized spacial score (nSPS) is 21.8. The second-order valence-corrected chi connectivity index (χ2v) is 9.01. The van der Waals surface area contributed by atoms with Crippen LogP contribution in [0.2, 0.25) is 0 Å². The number of likely N-dealkylation sites (tertiary alicyclic amines) is 1. The largest absolute Gasteiger partial charge is 0.311 e. The minimum Gasteiger partial charge on any atom is -0.311 e. The zero-order chi connectivity index (χ0) is 18.4. The highest BCUT2D eigenvalue weighted by molar-refractivity contribution is 7.09. The van der Waals surface area contributed by atoms with Crippen molar-refractivity contribution < 1.29 is 0 Å². The summed E-state index contributed by atoms with van der Waals surface area (Å²) in [4.78, 5) is 17.3. The molecule has 3 nitrogen and oxygen atoms in total. The fourth-order valence-corrected chi connectivity index (χ4v) is 5.62. The molecule has 4 heteroatoms. The van der Waals surface area contributed by atoms with E-state index in [2.05, 4.69) is 58.2 Å². The Hall–Kier alpha value is -2.17. The van der Waals surface area contributed by atoms with Gasteiger partial charge in [0, 0.05) is 48.2 Å². The van der Waals surface area contributed by atoms with E-state index >= 15 is 0 Å². The van der Waals surface area contributed by atoms with Crippen molar-refractivity contribution in [2.24, 2.45) is 5.92 Å². The predicted octanol–water partition coefficient (Wildman–Crippen LogP) is 4.50. The molecule has 2 aliphatic rings. The van der Waals surface area contributed by atoms with Gasteiger partial charge in [0.05, 0.1) is 0 Å². The standard InChI is InChI=1S/C23H24N2OS/c1-16-5-2-3-7-20(16)21-8-9-22-18-11-17(13-25(22)23(21)26)12-24(14-18)15-19-6-4-10-27-19/h2-10,17-18H,11-15H2,1H3/t17-,18+/m0/s1. The van der Waals surface area contributed by atoms with Gasteiger partial charge >= 0.3 is 0 Å². The number of pyridine rings is 1. The summed E-state index contributed by atoms with van der Waals surface area (Å²) in [5, 5.41) is 2.15. The van der Waals surface area contributed by atoms with E-state index in [1.165, 1.54) is 17.0 Å². The Morgan fingerprint density at radius 2 is 1.89 bits per heavy atom. The molecule has 1 aromatic carbocycles. The molecule has 2 bridgehead atoms. The van der Waals surface area contributed by atoms with Crippen LogP contribution in [0.5, 0.6) is 0 Å². The lowest BCUT2D eigenvalue weighted by Gasteiger charge is -2.42. The Morgan fingerprint density at radius 3 is 2.70 bits per heavy atom. The second kappa shape index (κ2) is 6.77. The zero-order valence-electron chi connectivity index (χ0n) is 15.6. The highest BCUT2D eigenvalue weighted by atomic mass is 32.1. The van der Waals surface area contributed by atoms with Crippen LogP contribution in [-0.2, 0) is 13.1 Å². The lowest BCUT2D eigenvalue weighted by molar-refractivity contribution is 0.115. The van der Waals surface area contributed by atoms with Gasteiger partial charge in [0.15, 0.2) is 0 Å². The number of rotatable bonds is 3. The molecule has 0 N–H and O–H groups in total. The number of hydrogen-bond donors (Lipinski definition) is 0. The lowest BCUT2D eigenvalue weighted by atomic mass is 9.82. The molecule has 2 aliphatic heterocycles. The lowest BCUT2D eigenvalue weighted by Crippen LogP contribution is -2.46.